The van der Waals surface area contributed by atoms with E-state index in [-0.39, 0.29) is 0 Å². The first-order valence-corrected chi connectivity index (χ1v) is 10.7. The van der Waals surface area contributed by atoms with Crippen LogP contribution < -0.4 is 0 Å². The van der Waals surface area contributed by atoms with Crippen molar-refractivity contribution in [3.63, 3.8) is 0 Å². The highest BCUT2D eigenvalue weighted by atomic mass is 15.3. The van der Waals surface area contributed by atoms with Crippen LogP contribution in [0.25, 0.3) is 0 Å². The molecule has 2 rings (SSSR count). The Hall–Kier alpha value is -0.860. The molecule has 1 saturated heterocycles. The van der Waals surface area contributed by atoms with Crippen molar-refractivity contribution in [2.75, 3.05) is 32.7 Å². The predicted octanol–water partition coefficient (Wildman–Crippen LogP) is 5.79. The highest BCUT2D eigenvalue weighted by Crippen LogP contribution is 2.15. The molecule has 1 unspecified atom stereocenters. The molecule has 1 aliphatic heterocycles. The molecule has 2 heteroatoms. The Morgan fingerprint density at radius 3 is 2.16 bits per heavy atom. The van der Waals surface area contributed by atoms with Crippen LogP contribution in [0.3, 0.4) is 0 Å². The maximum absolute atomic E-state index is 2.68. The van der Waals surface area contributed by atoms with E-state index < -0.39 is 0 Å². The Balaban J connectivity index is 0.00000134. The first-order valence-electron chi connectivity index (χ1n) is 10.7. The normalized spacial score (nSPS) is 18.0. The second kappa shape index (κ2) is 15.4. The van der Waals surface area contributed by atoms with E-state index in [0.717, 1.165) is 6.04 Å². The minimum Gasteiger partial charge on any atom is -0.301 e. The third-order valence-electron chi connectivity index (χ3n) is 4.78. The predicted molar refractivity (Wildman–Crippen MR) is 115 cm³/mol. The first-order chi connectivity index (χ1) is 12.2. The van der Waals surface area contributed by atoms with Gasteiger partial charge in [-0.05, 0) is 44.8 Å². The fraction of sp³-hybridized carbons (Fsp3) is 0.739. The summed E-state index contributed by atoms with van der Waals surface area (Å²) in [6.07, 6.45) is 5.15. The summed E-state index contributed by atoms with van der Waals surface area (Å²) in [6, 6.07) is 9.81. The van der Waals surface area contributed by atoms with Gasteiger partial charge in [0.2, 0.25) is 0 Å². The molecule has 0 bridgehead atoms. The molecule has 0 amide bonds. The zero-order chi connectivity index (χ0) is 19.1. The van der Waals surface area contributed by atoms with Gasteiger partial charge in [0.1, 0.15) is 0 Å². The second-order valence-electron chi connectivity index (χ2n) is 6.46. The lowest BCUT2D eigenvalue weighted by molar-refractivity contribution is 0.0729. The van der Waals surface area contributed by atoms with E-state index in [1.54, 1.807) is 0 Å². The number of piperazine rings is 1. The molecule has 2 nitrogen and oxygen atoms in total. The summed E-state index contributed by atoms with van der Waals surface area (Å²) in [6.45, 7) is 21.0. The van der Waals surface area contributed by atoms with Crippen LogP contribution in [0.4, 0.5) is 0 Å². The Morgan fingerprint density at radius 2 is 1.60 bits per heavy atom. The van der Waals surface area contributed by atoms with Crippen LogP contribution in [-0.4, -0.2) is 48.6 Å². The smallest absolute Gasteiger partial charge is 0.0223 e. The largest absolute Gasteiger partial charge is 0.301 e. The van der Waals surface area contributed by atoms with Gasteiger partial charge in [0.25, 0.3) is 0 Å². The minimum absolute atomic E-state index is 0.785. The molecule has 0 spiro atoms. The van der Waals surface area contributed by atoms with E-state index in [0.29, 0.717) is 0 Å². The van der Waals surface area contributed by atoms with E-state index in [4.69, 9.17) is 0 Å². The summed E-state index contributed by atoms with van der Waals surface area (Å²) in [7, 11) is 0. The highest BCUT2D eigenvalue weighted by molar-refractivity contribution is 5.21. The summed E-state index contributed by atoms with van der Waals surface area (Å²) in [4.78, 5) is 5.35. The molecule has 1 heterocycles. The third-order valence-corrected chi connectivity index (χ3v) is 4.78. The lowest BCUT2D eigenvalue weighted by atomic mass is 10.0. The van der Waals surface area contributed by atoms with Gasteiger partial charge < -0.3 is 4.90 Å². The van der Waals surface area contributed by atoms with Crippen LogP contribution in [0.2, 0.25) is 0 Å². The van der Waals surface area contributed by atoms with Gasteiger partial charge in [-0.3, -0.25) is 4.90 Å². The Labute approximate surface area is 158 Å². The van der Waals surface area contributed by atoms with Gasteiger partial charge in [0, 0.05) is 25.7 Å². The maximum atomic E-state index is 2.68. The summed E-state index contributed by atoms with van der Waals surface area (Å²) < 4.78 is 0. The molecule has 0 N–H and O–H groups in total. The van der Waals surface area contributed by atoms with Crippen molar-refractivity contribution in [3.8, 4) is 0 Å². The summed E-state index contributed by atoms with van der Waals surface area (Å²) >= 11 is 0. The van der Waals surface area contributed by atoms with E-state index in [1.165, 1.54) is 69.5 Å². The SMILES string of the molecule is CC.CC.CCCC1CN(CCCc2ccc(C)cc2)CCN1CC. The van der Waals surface area contributed by atoms with Crippen molar-refractivity contribution in [3.05, 3.63) is 35.4 Å². The van der Waals surface area contributed by atoms with Crippen molar-refractivity contribution in [1.82, 2.24) is 9.80 Å². The average Bonchev–Trinajstić information content (AvgIpc) is 2.67. The third kappa shape index (κ3) is 9.42. The van der Waals surface area contributed by atoms with Crippen LogP contribution >= 0.6 is 0 Å². The number of hydrogen-bond donors (Lipinski definition) is 0. The van der Waals surface area contributed by atoms with Crippen LogP contribution in [0.15, 0.2) is 24.3 Å². The Bertz CT molecular complexity index is 399. The molecule has 1 fully saturated rings. The van der Waals surface area contributed by atoms with Crippen molar-refractivity contribution in [2.24, 2.45) is 0 Å². The van der Waals surface area contributed by atoms with Crippen molar-refractivity contribution >= 4 is 0 Å². The minimum atomic E-state index is 0.785. The van der Waals surface area contributed by atoms with Gasteiger partial charge in [0.15, 0.2) is 0 Å². The van der Waals surface area contributed by atoms with Gasteiger partial charge in [-0.2, -0.15) is 0 Å². The molecule has 0 radical (unpaired) electrons. The number of rotatable bonds is 7. The molecular weight excluding hydrogens is 304 g/mol. The molecule has 146 valence electrons. The van der Waals surface area contributed by atoms with Gasteiger partial charge in [-0.25, -0.2) is 0 Å². The second-order valence-corrected chi connectivity index (χ2v) is 6.46. The molecule has 0 aliphatic carbocycles. The topological polar surface area (TPSA) is 6.48 Å². The van der Waals surface area contributed by atoms with Gasteiger partial charge in [-0.15, -0.1) is 0 Å². The fourth-order valence-electron chi connectivity index (χ4n) is 3.45. The molecule has 1 aromatic rings. The van der Waals surface area contributed by atoms with E-state index in [1.807, 2.05) is 27.7 Å². The molecule has 1 aliphatic rings. The standard InChI is InChI=1S/C19H32N2.2C2H6/c1-4-7-19-16-20(14-15-21(19)5-2)13-6-8-18-11-9-17(3)10-12-18;2*1-2/h9-12,19H,4-8,13-16H2,1-3H3;2*1-2H3. The molecule has 1 atom stereocenters. The molecular formula is C23H44N2. The summed E-state index contributed by atoms with van der Waals surface area (Å²) in [5.74, 6) is 0. The lowest BCUT2D eigenvalue weighted by Crippen LogP contribution is -2.53. The lowest BCUT2D eigenvalue weighted by Gasteiger charge is -2.41. The van der Waals surface area contributed by atoms with Gasteiger partial charge >= 0.3 is 0 Å². The van der Waals surface area contributed by atoms with Crippen molar-refractivity contribution < 1.29 is 0 Å². The number of aryl methyl sites for hydroxylation is 2. The van der Waals surface area contributed by atoms with Crippen LogP contribution in [0.1, 0.15) is 71.9 Å². The van der Waals surface area contributed by atoms with E-state index >= 15 is 0 Å². The van der Waals surface area contributed by atoms with E-state index in [2.05, 4.69) is 54.8 Å². The summed E-state index contributed by atoms with van der Waals surface area (Å²) in [5, 5.41) is 0. The van der Waals surface area contributed by atoms with Crippen molar-refractivity contribution in [1.29, 1.82) is 0 Å². The van der Waals surface area contributed by atoms with Crippen LogP contribution in [-0.2, 0) is 6.42 Å². The molecule has 0 aromatic heterocycles. The molecule has 1 aromatic carbocycles. The van der Waals surface area contributed by atoms with Crippen LogP contribution in [0, 0.1) is 6.92 Å². The number of likely N-dealkylation sites (N-methyl/N-ethyl adjacent to an activating group) is 1. The monoisotopic (exact) mass is 348 g/mol. The quantitative estimate of drug-likeness (QED) is 0.615. The van der Waals surface area contributed by atoms with Crippen LogP contribution in [0.5, 0.6) is 0 Å². The zero-order valence-electron chi connectivity index (χ0n) is 18.1. The van der Waals surface area contributed by atoms with Crippen molar-refractivity contribution in [2.45, 2.75) is 80.2 Å². The Morgan fingerprint density at radius 1 is 0.960 bits per heavy atom. The summed E-state index contributed by atoms with van der Waals surface area (Å²) in [5.41, 5.74) is 2.84. The fourth-order valence-corrected chi connectivity index (χ4v) is 3.45. The van der Waals surface area contributed by atoms with Gasteiger partial charge in [0.05, 0.1) is 0 Å². The number of benzene rings is 1. The number of hydrogen-bond acceptors (Lipinski definition) is 2. The average molecular weight is 349 g/mol. The first kappa shape index (κ1) is 24.1. The molecule has 25 heavy (non-hydrogen) atoms. The highest BCUT2D eigenvalue weighted by Gasteiger charge is 2.24. The maximum Gasteiger partial charge on any atom is 0.0223 e. The zero-order valence-corrected chi connectivity index (χ0v) is 18.1. The van der Waals surface area contributed by atoms with Gasteiger partial charge in [-0.1, -0.05) is 77.8 Å². The molecule has 0 saturated carbocycles. The van der Waals surface area contributed by atoms with E-state index in [9.17, 15) is 0 Å². The Kier molecular flexibility index (Phi) is 14.9. The number of nitrogens with zero attached hydrogens (tertiary/aromatic N) is 2.